The molecule has 0 aliphatic heterocycles. The average Bonchev–Trinajstić information content (AvgIpc) is 2.83. The lowest BCUT2D eigenvalue weighted by molar-refractivity contribution is 0.734. The second-order valence-electron chi connectivity index (χ2n) is 8.64. The van der Waals surface area contributed by atoms with E-state index in [-0.39, 0.29) is 0 Å². The zero-order valence-electron chi connectivity index (χ0n) is 18.5. The highest BCUT2D eigenvalue weighted by molar-refractivity contribution is 6.21. The summed E-state index contributed by atoms with van der Waals surface area (Å²) in [6.45, 7) is 6.70. The lowest BCUT2D eigenvalue weighted by Crippen LogP contribution is -1.93. The normalized spacial score (nSPS) is 12.4. The standard InChI is InChI=1S/C31H28/c1-4-22(3)23-17-19-25(20-18-23)31-28-11-7-5-9-26(28)30(24-15-13-21(2)14-16-24)27-10-6-8-12-29(27)31/h5-20,22H,4H2,1-3H3. The van der Waals surface area contributed by atoms with Crippen molar-refractivity contribution in [1.29, 1.82) is 0 Å². The minimum absolute atomic E-state index is 0.589. The predicted molar refractivity (Wildman–Crippen MR) is 136 cm³/mol. The highest BCUT2D eigenvalue weighted by Crippen LogP contribution is 2.43. The van der Waals surface area contributed by atoms with Crippen LogP contribution in [0.4, 0.5) is 0 Å². The second kappa shape index (κ2) is 8.04. The van der Waals surface area contributed by atoms with Crippen LogP contribution in [0.2, 0.25) is 0 Å². The van der Waals surface area contributed by atoms with Gasteiger partial charge in [0.25, 0.3) is 0 Å². The Bertz CT molecular complexity index is 1300. The van der Waals surface area contributed by atoms with Crippen molar-refractivity contribution in [3.63, 3.8) is 0 Å². The van der Waals surface area contributed by atoms with Crippen molar-refractivity contribution in [2.75, 3.05) is 0 Å². The lowest BCUT2D eigenvalue weighted by Gasteiger charge is -2.18. The third-order valence-electron chi connectivity index (χ3n) is 6.65. The van der Waals surface area contributed by atoms with Crippen molar-refractivity contribution in [2.24, 2.45) is 0 Å². The maximum absolute atomic E-state index is 2.31. The van der Waals surface area contributed by atoms with Gasteiger partial charge in [-0.3, -0.25) is 0 Å². The van der Waals surface area contributed by atoms with Crippen molar-refractivity contribution < 1.29 is 0 Å². The van der Waals surface area contributed by atoms with E-state index in [0.29, 0.717) is 5.92 Å². The van der Waals surface area contributed by atoms with Gasteiger partial charge in [0.1, 0.15) is 0 Å². The Balaban J connectivity index is 1.84. The minimum Gasteiger partial charge on any atom is -0.0648 e. The SMILES string of the molecule is CCC(C)c1ccc(-c2c3ccccc3c(-c3ccc(C)cc3)c3ccccc23)cc1. The second-order valence-corrected chi connectivity index (χ2v) is 8.64. The van der Waals surface area contributed by atoms with Crippen LogP contribution in [-0.2, 0) is 0 Å². The summed E-state index contributed by atoms with van der Waals surface area (Å²) in [7, 11) is 0. The van der Waals surface area contributed by atoms with Crippen LogP contribution in [0.25, 0.3) is 43.8 Å². The topological polar surface area (TPSA) is 0 Å². The van der Waals surface area contributed by atoms with Gasteiger partial charge in [-0.05, 0) is 68.6 Å². The summed E-state index contributed by atoms with van der Waals surface area (Å²) in [5, 5.41) is 5.25. The minimum atomic E-state index is 0.589. The fourth-order valence-corrected chi connectivity index (χ4v) is 4.68. The van der Waals surface area contributed by atoms with Crippen LogP contribution in [0.15, 0.2) is 97.1 Å². The van der Waals surface area contributed by atoms with E-state index in [2.05, 4.69) is 118 Å². The smallest absolute Gasteiger partial charge is 0.00264 e. The molecule has 1 atom stereocenters. The number of aryl methyl sites for hydroxylation is 1. The number of hydrogen-bond acceptors (Lipinski definition) is 0. The molecule has 0 amide bonds. The number of hydrogen-bond donors (Lipinski definition) is 0. The van der Waals surface area contributed by atoms with Crippen molar-refractivity contribution in [1.82, 2.24) is 0 Å². The molecule has 5 aromatic carbocycles. The molecule has 0 nitrogen and oxygen atoms in total. The number of rotatable bonds is 4. The molecule has 0 saturated carbocycles. The Morgan fingerprint density at radius 2 is 0.935 bits per heavy atom. The van der Waals surface area contributed by atoms with E-state index in [9.17, 15) is 0 Å². The third kappa shape index (κ3) is 3.43. The van der Waals surface area contributed by atoms with Crippen molar-refractivity contribution in [3.8, 4) is 22.3 Å². The molecule has 0 aliphatic carbocycles. The Labute approximate surface area is 185 Å². The molecular formula is C31H28. The summed E-state index contributed by atoms with van der Waals surface area (Å²) >= 11 is 0. The summed E-state index contributed by atoms with van der Waals surface area (Å²) in [6.07, 6.45) is 1.16. The largest absolute Gasteiger partial charge is 0.0648 e. The first-order chi connectivity index (χ1) is 15.2. The highest BCUT2D eigenvalue weighted by Gasteiger charge is 2.16. The van der Waals surface area contributed by atoms with Crippen LogP contribution in [0, 0.1) is 6.92 Å². The molecule has 152 valence electrons. The fourth-order valence-electron chi connectivity index (χ4n) is 4.68. The molecule has 0 radical (unpaired) electrons. The van der Waals surface area contributed by atoms with Crippen LogP contribution in [0.5, 0.6) is 0 Å². The van der Waals surface area contributed by atoms with Crippen LogP contribution in [0.1, 0.15) is 37.3 Å². The molecule has 31 heavy (non-hydrogen) atoms. The number of benzene rings is 5. The maximum atomic E-state index is 2.31. The van der Waals surface area contributed by atoms with Crippen LogP contribution >= 0.6 is 0 Å². The molecule has 5 rings (SSSR count). The van der Waals surface area contributed by atoms with Crippen LogP contribution in [-0.4, -0.2) is 0 Å². The van der Waals surface area contributed by atoms with E-state index in [1.165, 1.54) is 54.9 Å². The van der Waals surface area contributed by atoms with Gasteiger partial charge >= 0.3 is 0 Å². The summed E-state index contributed by atoms with van der Waals surface area (Å²) in [6, 6.07) is 35.9. The van der Waals surface area contributed by atoms with Gasteiger partial charge in [0.15, 0.2) is 0 Å². The van der Waals surface area contributed by atoms with Gasteiger partial charge < -0.3 is 0 Å². The molecule has 0 N–H and O–H groups in total. The molecule has 0 aliphatic rings. The van der Waals surface area contributed by atoms with E-state index in [4.69, 9.17) is 0 Å². The van der Waals surface area contributed by atoms with Gasteiger partial charge in [0, 0.05) is 0 Å². The molecule has 0 heterocycles. The van der Waals surface area contributed by atoms with Crippen molar-refractivity contribution in [2.45, 2.75) is 33.1 Å². The third-order valence-corrected chi connectivity index (χ3v) is 6.65. The molecule has 0 fully saturated rings. The quantitative estimate of drug-likeness (QED) is 0.264. The van der Waals surface area contributed by atoms with Gasteiger partial charge in [-0.2, -0.15) is 0 Å². The Kier molecular flexibility index (Phi) is 5.08. The van der Waals surface area contributed by atoms with Gasteiger partial charge in [0.05, 0.1) is 0 Å². The molecule has 5 aromatic rings. The summed E-state index contributed by atoms with van der Waals surface area (Å²) in [5.74, 6) is 0.589. The lowest BCUT2D eigenvalue weighted by atomic mass is 9.85. The Morgan fingerprint density at radius 1 is 0.548 bits per heavy atom. The Morgan fingerprint density at radius 3 is 1.32 bits per heavy atom. The Hall–Kier alpha value is -3.38. The molecule has 0 bridgehead atoms. The molecule has 1 unspecified atom stereocenters. The molecule has 0 saturated heterocycles. The van der Waals surface area contributed by atoms with E-state index < -0.39 is 0 Å². The molecular weight excluding hydrogens is 372 g/mol. The fraction of sp³-hybridized carbons (Fsp3) is 0.161. The first kappa shape index (κ1) is 19.6. The highest BCUT2D eigenvalue weighted by atomic mass is 14.2. The summed E-state index contributed by atoms with van der Waals surface area (Å²) in [4.78, 5) is 0. The zero-order valence-corrected chi connectivity index (χ0v) is 18.5. The van der Waals surface area contributed by atoms with Gasteiger partial charge in [-0.1, -0.05) is 116 Å². The van der Waals surface area contributed by atoms with Crippen LogP contribution in [0.3, 0.4) is 0 Å². The average molecular weight is 401 g/mol. The van der Waals surface area contributed by atoms with E-state index >= 15 is 0 Å². The maximum Gasteiger partial charge on any atom is -0.00264 e. The predicted octanol–water partition coefficient (Wildman–Crippen LogP) is 9.15. The monoisotopic (exact) mass is 400 g/mol. The van der Waals surface area contributed by atoms with Crippen molar-refractivity contribution in [3.05, 3.63) is 108 Å². The van der Waals surface area contributed by atoms with Gasteiger partial charge in [-0.25, -0.2) is 0 Å². The van der Waals surface area contributed by atoms with E-state index in [0.717, 1.165) is 6.42 Å². The number of fused-ring (bicyclic) bond motifs is 2. The molecule has 0 spiro atoms. The van der Waals surface area contributed by atoms with E-state index in [1.54, 1.807) is 0 Å². The first-order valence-electron chi connectivity index (χ1n) is 11.3. The zero-order chi connectivity index (χ0) is 21.4. The van der Waals surface area contributed by atoms with Crippen LogP contribution < -0.4 is 0 Å². The molecule has 0 heteroatoms. The molecule has 0 aromatic heterocycles. The summed E-state index contributed by atoms with van der Waals surface area (Å²) in [5.41, 5.74) is 7.92. The van der Waals surface area contributed by atoms with Crippen molar-refractivity contribution >= 4 is 21.5 Å². The summed E-state index contributed by atoms with van der Waals surface area (Å²) < 4.78 is 0. The first-order valence-corrected chi connectivity index (χ1v) is 11.3. The van der Waals surface area contributed by atoms with E-state index in [1.807, 2.05) is 0 Å². The van der Waals surface area contributed by atoms with Gasteiger partial charge in [0.2, 0.25) is 0 Å². The van der Waals surface area contributed by atoms with Gasteiger partial charge in [-0.15, -0.1) is 0 Å².